The highest BCUT2D eigenvalue weighted by atomic mass is 16.7. The molecule has 6 rings (SSSR count). The molecule has 7 unspecified atom stereocenters. The summed E-state index contributed by atoms with van der Waals surface area (Å²) in [6.07, 6.45) is -15.2. The average molecular weight is 1950 g/mol. The van der Waals surface area contributed by atoms with E-state index < -0.39 is 207 Å². The van der Waals surface area contributed by atoms with Crippen molar-refractivity contribution in [2.24, 2.45) is 0 Å². The fourth-order valence-electron chi connectivity index (χ4n) is 15.8. The van der Waals surface area contributed by atoms with Crippen LogP contribution in [0.5, 0.6) is 11.5 Å². The lowest BCUT2D eigenvalue weighted by Gasteiger charge is -2.44. The molecule has 3 heterocycles. The van der Waals surface area contributed by atoms with E-state index in [1.165, 1.54) is 25.7 Å². The van der Waals surface area contributed by atoms with Gasteiger partial charge in [-0.05, 0) is 105 Å². The van der Waals surface area contributed by atoms with E-state index >= 15 is 0 Å². The molecule has 3 aliphatic rings. The molecule has 7 amide bonds. The van der Waals surface area contributed by atoms with Gasteiger partial charge in [-0.3, -0.25) is 81.5 Å². The lowest BCUT2D eigenvalue weighted by molar-refractivity contribution is -0.277. The van der Waals surface area contributed by atoms with Crippen LogP contribution in [0.4, 0.5) is 0 Å². The molecular formula is C95H135N7O36. The number of Topliss-reactive ketones (excluding diaryl/α,β-unsaturated/α-hetero) is 1. The van der Waals surface area contributed by atoms with Gasteiger partial charge in [0.05, 0.1) is 26.9 Å². The SMILES string of the molecule is COc1ccc(C(OCC(O)CNC(=O)CCC(=O)N(CCCNC(=O)CCCCO[C@@H]2OC(COC(C)=O)[C@H](OC(C)=O)[C@H](OC(C)=O)C2NC(C)=O)CCCN(CCCCC(=O)CCCCO[C@@H]2OC(COC(C)=O)[C@H](OC(C)=O)[C@H](OC(C)=O)C2NC(C)=O)C(=O)CCCCO[C@@H]2OC(COC(C)=O)[C@H](OC(C)=O)[C@H](OC(C)=O)C2NC(C)=O)(c2ccccc2)c2ccc(OC)cc2)cc1. The van der Waals surface area contributed by atoms with E-state index in [1.807, 2.05) is 54.6 Å². The van der Waals surface area contributed by atoms with Gasteiger partial charge in [0.2, 0.25) is 41.4 Å². The number of hydrogen-bond acceptors (Lipinski definition) is 36. The van der Waals surface area contributed by atoms with E-state index in [1.54, 1.807) is 43.4 Å². The minimum atomic E-state index is -1.40. The number of amides is 7. The van der Waals surface area contributed by atoms with Crippen LogP contribution < -0.4 is 36.1 Å². The van der Waals surface area contributed by atoms with E-state index in [9.17, 15) is 86.6 Å². The van der Waals surface area contributed by atoms with Gasteiger partial charge in [-0.25, -0.2) is 0 Å². The zero-order valence-corrected chi connectivity index (χ0v) is 80.9. The maximum absolute atomic E-state index is 14.7. The number of unbranched alkanes of at least 4 members (excludes halogenated alkanes) is 4. The number of nitrogens with one attached hydrogen (secondary N) is 5. The summed E-state index contributed by atoms with van der Waals surface area (Å²) < 4.78 is 103. The first-order chi connectivity index (χ1) is 65.7. The van der Waals surface area contributed by atoms with Gasteiger partial charge in [0.15, 0.2) is 55.5 Å². The maximum atomic E-state index is 14.7. The Morgan fingerprint density at radius 2 is 0.696 bits per heavy atom. The first-order valence-electron chi connectivity index (χ1n) is 46.1. The third kappa shape index (κ3) is 39.9. The smallest absolute Gasteiger partial charge is 0.303 e. The summed E-state index contributed by atoms with van der Waals surface area (Å²) in [7, 11) is 3.10. The predicted octanol–water partition coefficient (Wildman–Crippen LogP) is 4.09. The number of carbonyl (C=O) groups excluding carboxylic acids is 17. The van der Waals surface area contributed by atoms with Crippen molar-refractivity contribution < 1.29 is 172 Å². The number of aliphatic hydroxyl groups excluding tert-OH is 1. The van der Waals surface area contributed by atoms with Crippen LogP contribution >= 0.6 is 0 Å². The molecule has 16 atom stereocenters. The normalized spacial score (nSPS) is 21.3. The third-order valence-corrected chi connectivity index (χ3v) is 21.9. The Balaban J connectivity index is 1.19. The molecule has 138 heavy (non-hydrogen) atoms. The summed E-state index contributed by atoms with van der Waals surface area (Å²) in [5.41, 5.74) is 0.801. The van der Waals surface area contributed by atoms with Crippen molar-refractivity contribution in [3.8, 4) is 11.5 Å². The largest absolute Gasteiger partial charge is 0.497 e. The first kappa shape index (κ1) is 115. The van der Waals surface area contributed by atoms with Gasteiger partial charge < -0.3 is 127 Å². The lowest BCUT2D eigenvalue weighted by atomic mass is 9.80. The second-order valence-corrected chi connectivity index (χ2v) is 33.2. The number of nitrogens with zero attached hydrogens (tertiary/aromatic N) is 2. The summed E-state index contributed by atoms with van der Waals surface area (Å²) in [6, 6.07) is 20.3. The Kier molecular flexibility index (Phi) is 50.0. The molecule has 3 aromatic rings. The molecule has 3 aliphatic heterocycles. The molecule has 3 aromatic carbocycles. The number of esters is 9. The van der Waals surface area contributed by atoms with E-state index in [4.69, 9.17) is 85.3 Å². The van der Waals surface area contributed by atoms with Crippen LogP contribution in [0.15, 0.2) is 78.9 Å². The van der Waals surface area contributed by atoms with Gasteiger partial charge in [-0.2, -0.15) is 0 Å². The standard InChI is InChI=1S/C95H135N7O36/c1-57(103)98-83-89(133-66(10)112)86(130-63(7)109)76(54-126-60(4)106)136-92(83)123-49-23-19-31-72(115)30-18-22-45-101(81(119)33-21-25-51-125-94-85(100-59(3)105)91(135-68(12)114)88(132-65(9)111)78(138-94)56-128-62(6)108)47-27-48-102(46-26-44-96-79(117)32-20-24-50-124-93-84(99-58(2)104)90(134-67(11)113)87(131-64(8)110)77(137-93)55-127-61(5)107)82(120)43-42-80(118)97-52-73(116)53-129-95(69-28-16-15-17-29-69,70-34-38-74(121-13)39-35-70)71-36-40-75(122-14)41-37-71/h15-17,28-29,34-41,73,76-78,83-94,116H,18-27,30-33,42-56H2,1-14H3,(H,96,117)(H,97,118)(H,98,103)(H,99,104)(H,100,105)/t73?,76?,77?,78?,83?,84?,85?,86-,87-,88-,89+,90+,91+,92+,93+,94+/m0/s1. The molecule has 0 bridgehead atoms. The molecule has 0 radical (unpaired) electrons. The van der Waals surface area contributed by atoms with Crippen LogP contribution in [0.3, 0.4) is 0 Å². The highest BCUT2D eigenvalue weighted by Crippen LogP contribution is 2.42. The van der Waals surface area contributed by atoms with Crippen molar-refractivity contribution in [1.82, 2.24) is 36.4 Å². The van der Waals surface area contributed by atoms with Gasteiger partial charge in [0.25, 0.3) is 0 Å². The van der Waals surface area contributed by atoms with Crippen LogP contribution in [-0.2, 0) is 163 Å². The number of carbonyl (C=O) groups is 17. The monoisotopic (exact) mass is 1950 g/mol. The summed E-state index contributed by atoms with van der Waals surface area (Å²) >= 11 is 0. The van der Waals surface area contributed by atoms with Crippen molar-refractivity contribution in [3.05, 3.63) is 95.6 Å². The summed E-state index contributed by atoms with van der Waals surface area (Å²) in [6.45, 7) is 11.8. The van der Waals surface area contributed by atoms with Gasteiger partial charge in [-0.1, -0.05) is 54.6 Å². The Bertz CT molecular complexity index is 4420. The highest BCUT2D eigenvalue weighted by Gasteiger charge is 2.55. The van der Waals surface area contributed by atoms with Crippen LogP contribution in [0.1, 0.15) is 203 Å². The van der Waals surface area contributed by atoms with Crippen molar-refractivity contribution in [2.45, 2.75) is 289 Å². The van der Waals surface area contributed by atoms with Crippen LogP contribution in [0.25, 0.3) is 0 Å². The summed E-state index contributed by atoms with van der Waals surface area (Å²) in [5.74, 6) is -9.35. The van der Waals surface area contributed by atoms with E-state index in [0.29, 0.717) is 41.9 Å². The van der Waals surface area contributed by atoms with Gasteiger partial charge in [-0.15, -0.1) is 0 Å². The number of methoxy groups -OCH3 is 2. The average Bonchev–Trinajstić information content (AvgIpc) is 0.757. The lowest BCUT2D eigenvalue weighted by Crippen LogP contribution is -2.66. The number of aliphatic hydroxyl groups is 1. The third-order valence-electron chi connectivity index (χ3n) is 21.9. The molecule has 0 spiro atoms. The molecule has 43 heteroatoms. The highest BCUT2D eigenvalue weighted by molar-refractivity contribution is 5.84. The number of benzene rings is 3. The summed E-state index contributed by atoms with van der Waals surface area (Å²) in [4.78, 5) is 221. The van der Waals surface area contributed by atoms with Crippen molar-refractivity contribution in [1.29, 1.82) is 0 Å². The fraction of sp³-hybridized carbons (Fsp3) is 0.632. The molecule has 766 valence electrons. The van der Waals surface area contributed by atoms with Crippen LogP contribution in [-0.4, -0.2) is 314 Å². The second kappa shape index (κ2) is 60.1. The van der Waals surface area contributed by atoms with E-state index in [2.05, 4.69) is 26.6 Å². The molecule has 43 nitrogen and oxygen atoms in total. The molecule has 0 aromatic heterocycles. The zero-order valence-electron chi connectivity index (χ0n) is 80.9. The van der Waals surface area contributed by atoms with Crippen molar-refractivity contribution in [2.75, 3.05) is 99.7 Å². The zero-order chi connectivity index (χ0) is 102. The Labute approximate surface area is 801 Å². The van der Waals surface area contributed by atoms with Crippen molar-refractivity contribution >= 4 is 101 Å². The minimum absolute atomic E-state index is 0.0119. The Hall–Kier alpha value is -11.9. The van der Waals surface area contributed by atoms with Crippen LogP contribution in [0, 0.1) is 0 Å². The van der Waals surface area contributed by atoms with E-state index in [0.717, 1.165) is 67.9 Å². The molecule has 0 saturated carbocycles. The van der Waals surface area contributed by atoms with E-state index in [-0.39, 0.29) is 167 Å². The quantitative estimate of drug-likeness (QED) is 0.0200. The van der Waals surface area contributed by atoms with Crippen LogP contribution in [0.2, 0.25) is 0 Å². The molecule has 3 saturated heterocycles. The first-order valence-corrected chi connectivity index (χ1v) is 46.1. The predicted molar refractivity (Wildman–Crippen MR) is 482 cm³/mol. The molecule has 6 N–H and O–H groups in total. The molecule has 0 aliphatic carbocycles. The van der Waals surface area contributed by atoms with Crippen molar-refractivity contribution in [3.63, 3.8) is 0 Å². The Morgan fingerprint density at radius 1 is 0.362 bits per heavy atom. The second-order valence-electron chi connectivity index (χ2n) is 33.2. The number of hydrogen-bond donors (Lipinski definition) is 6. The van der Waals surface area contributed by atoms with Gasteiger partial charge in [0.1, 0.15) is 79.1 Å². The maximum Gasteiger partial charge on any atom is 0.303 e. The molecular weight excluding hydrogens is 1820 g/mol. The van der Waals surface area contributed by atoms with Gasteiger partial charge >= 0.3 is 53.7 Å². The fourth-order valence-corrected chi connectivity index (χ4v) is 15.8. The number of ether oxygens (including phenoxy) is 18. The number of rotatable bonds is 59. The van der Waals surface area contributed by atoms with Gasteiger partial charge in [0, 0.05) is 181 Å². The topological polar surface area (TPSA) is 543 Å². The minimum Gasteiger partial charge on any atom is -0.497 e. The number of ketones is 1. The molecule has 3 fully saturated rings. The Morgan fingerprint density at radius 3 is 1.07 bits per heavy atom. The summed E-state index contributed by atoms with van der Waals surface area (Å²) in [5, 5.41) is 25.2.